The first-order chi connectivity index (χ1) is 15.7. The minimum atomic E-state index is -0.442. The molecule has 0 spiro atoms. The predicted octanol–water partition coefficient (Wildman–Crippen LogP) is 7.79. The van der Waals surface area contributed by atoms with Gasteiger partial charge in [0.25, 0.3) is 5.91 Å². The second-order valence-corrected chi connectivity index (χ2v) is 11.0. The van der Waals surface area contributed by atoms with Gasteiger partial charge in [-0.05, 0) is 92.2 Å². The van der Waals surface area contributed by atoms with E-state index in [1.54, 1.807) is 11.3 Å². The van der Waals surface area contributed by atoms with Crippen molar-refractivity contribution in [2.75, 3.05) is 0 Å². The van der Waals surface area contributed by atoms with Gasteiger partial charge in [-0.15, -0.1) is 11.3 Å². The van der Waals surface area contributed by atoms with Gasteiger partial charge in [0.1, 0.15) is 17.1 Å². The first-order valence-electron chi connectivity index (χ1n) is 11.6. The lowest BCUT2D eigenvalue weighted by molar-refractivity contribution is 0.0947. The van der Waals surface area contributed by atoms with E-state index >= 15 is 0 Å². The summed E-state index contributed by atoms with van der Waals surface area (Å²) in [6.07, 6.45) is 11.7. The average molecular weight is 533 g/mol. The first kappa shape index (κ1) is 25.6. The summed E-state index contributed by atoms with van der Waals surface area (Å²) < 4.78 is 7.39. The fraction of sp³-hybridized carbons (Fsp3) is 0.444. The van der Waals surface area contributed by atoms with Crippen LogP contribution in [-0.2, 0) is 13.0 Å². The summed E-state index contributed by atoms with van der Waals surface area (Å²) in [6, 6.07) is 3.95. The Morgan fingerprint density at radius 2 is 2.09 bits per heavy atom. The number of thiophene rings is 1. The Labute approximate surface area is 209 Å². The largest absolute Gasteiger partial charge is 0.506 e. The van der Waals surface area contributed by atoms with Gasteiger partial charge in [0, 0.05) is 14.7 Å². The second-order valence-electron chi connectivity index (χ2n) is 9.11. The van der Waals surface area contributed by atoms with Crippen LogP contribution in [0.15, 0.2) is 39.7 Å². The lowest BCUT2D eigenvalue weighted by atomic mass is 9.91. The molecule has 0 fully saturated rings. The van der Waals surface area contributed by atoms with E-state index in [-0.39, 0.29) is 11.7 Å². The highest BCUT2D eigenvalue weighted by molar-refractivity contribution is 9.10. The van der Waals surface area contributed by atoms with Crippen LogP contribution in [-0.4, -0.2) is 16.6 Å². The van der Waals surface area contributed by atoms with E-state index < -0.39 is 5.60 Å². The molecule has 1 aromatic carbocycles. The molecule has 0 aliphatic carbocycles. The number of fused-ring (bicyclic) bond motifs is 1. The number of halogens is 1. The Morgan fingerprint density at radius 3 is 2.76 bits per heavy atom. The highest BCUT2D eigenvalue weighted by Gasteiger charge is 2.31. The summed E-state index contributed by atoms with van der Waals surface area (Å²) in [5.74, 6) is 0.406. The molecule has 6 heteroatoms. The van der Waals surface area contributed by atoms with Gasteiger partial charge in [-0.2, -0.15) is 0 Å². The van der Waals surface area contributed by atoms with Crippen molar-refractivity contribution in [2.24, 2.45) is 0 Å². The molecular formula is C27H34BrNO3S. The zero-order valence-corrected chi connectivity index (χ0v) is 22.4. The van der Waals surface area contributed by atoms with Crippen molar-refractivity contribution in [3.63, 3.8) is 0 Å². The normalized spacial score (nSPS) is 16.8. The molecule has 2 N–H and O–H groups in total. The number of nitrogens with one attached hydrogen (secondary N) is 1. The monoisotopic (exact) mass is 531 g/mol. The lowest BCUT2D eigenvalue weighted by Gasteiger charge is -2.32. The number of allylic oxidation sites excluding steroid dienone is 2. The molecule has 4 nitrogen and oxygen atoms in total. The number of hydrogen-bond acceptors (Lipinski definition) is 4. The average Bonchev–Trinajstić information content (AvgIpc) is 3.17. The van der Waals surface area contributed by atoms with E-state index in [1.807, 2.05) is 29.7 Å². The fourth-order valence-electron chi connectivity index (χ4n) is 4.00. The number of carbonyl (C=O) groups excluding carboxylic acids is 1. The van der Waals surface area contributed by atoms with Gasteiger partial charge in [-0.1, -0.05) is 31.4 Å². The van der Waals surface area contributed by atoms with E-state index in [0.29, 0.717) is 23.4 Å². The predicted molar refractivity (Wildman–Crippen MR) is 141 cm³/mol. The number of carbonyl (C=O) groups is 1. The van der Waals surface area contributed by atoms with Gasteiger partial charge in [0.05, 0.1) is 17.7 Å². The summed E-state index contributed by atoms with van der Waals surface area (Å²) in [5.41, 5.74) is 2.63. The molecule has 0 saturated heterocycles. The smallest absolute Gasteiger partial charge is 0.255 e. The van der Waals surface area contributed by atoms with Gasteiger partial charge in [0.15, 0.2) is 0 Å². The number of rotatable bonds is 10. The van der Waals surface area contributed by atoms with Crippen molar-refractivity contribution in [1.29, 1.82) is 0 Å². The molecule has 1 atom stereocenters. The maximum absolute atomic E-state index is 13.2. The second kappa shape index (κ2) is 11.4. The number of aryl methyl sites for hydroxylation is 1. The zero-order valence-electron chi connectivity index (χ0n) is 20.0. The minimum Gasteiger partial charge on any atom is -0.506 e. The maximum Gasteiger partial charge on any atom is 0.255 e. The zero-order chi connectivity index (χ0) is 24.0. The number of ether oxygens (including phenoxy) is 1. The van der Waals surface area contributed by atoms with Crippen LogP contribution in [0.1, 0.15) is 86.2 Å². The number of amides is 1. The third-order valence-corrected chi connectivity index (χ3v) is 7.54. The maximum atomic E-state index is 13.2. The van der Waals surface area contributed by atoms with Gasteiger partial charge >= 0.3 is 0 Å². The summed E-state index contributed by atoms with van der Waals surface area (Å²) in [5, 5.41) is 16.1. The topological polar surface area (TPSA) is 58.6 Å². The first-order valence-corrected chi connectivity index (χ1v) is 13.3. The Morgan fingerprint density at radius 1 is 1.30 bits per heavy atom. The Bertz CT molecular complexity index is 1050. The Kier molecular flexibility index (Phi) is 8.82. The molecule has 1 aliphatic heterocycles. The number of benzene rings is 1. The molecule has 1 aliphatic rings. The van der Waals surface area contributed by atoms with Crippen molar-refractivity contribution >= 4 is 39.2 Å². The van der Waals surface area contributed by atoms with Crippen molar-refractivity contribution in [1.82, 2.24) is 5.32 Å². The number of phenols is 1. The molecule has 33 heavy (non-hydrogen) atoms. The quantitative estimate of drug-likeness (QED) is 0.243. The van der Waals surface area contributed by atoms with Crippen LogP contribution < -0.4 is 10.1 Å². The van der Waals surface area contributed by atoms with Gasteiger partial charge < -0.3 is 15.2 Å². The van der Waals surface area contributed by atoms with Crippen LogP contribution in [0.3, 0.4) is 0 Å². The molecule has 1 aromatic heterocycles. The summed E-state index contributed by atoms with van der Waals surface area (Å²) in [6.45, 7) is 8.84. The molecule has 1 amide bonds. The molecule has 3 rings (SSSR count). The van der Waals surface area contributed by atoms with E-state index in [2.05, 4.69) is 55.0 Å². The van der Waals surface area contributed by atoms with E-state index in [1.165, 1.54) is 5.57 Å². The third kappa shape index (κ3) is 6.73. The number of aromatic hydroxyl groups is 1. The van der Waals surface area contributed by atoms with Crippen LogP contribution in [0.2, 0.25) is 0 Å². The summed E-state index contributed by atoms with van der Waals surface area (Å²) in [7, 11) is 0. The van der Waals surface area contributed by atoms with Crippen molar-refractivity contribution < 1.29 is 14.6 Å². The molecule has 2 heterocycles. The van der Waals surface area contributed by atoms with E-state index in [4.69, 9.17) is 4.74 Å². The molecule has 178 valence electrons. The summed E-state index contributed by atoms with van der Waals surface area (Å²) in [4.78, 5) is 14.2. The highest BCUT2D eigenvalue weighted by atomic mass is 79.9. The molecule has 2 aromatic rings. The lowest BCUT2D eigenvalue weighted by Crippen LogP contribution is -2.32. The molecule has 1 unspecified atom stereocenters. The SMILES string of the molecule is CCCCCc1cc2c(c(O)c1C(=O)NCc1cc(Br)cs1)C=CC(C)(CCC=C(C)C)O2. The van der Waals surface area contributed by atoms with Crippen molar-refractivity contribution in [3.8, 4) is 11.5 Å². The molecule has 0 saturated carbocycles. The third-order valence-electron chi connectivity index (χ3n) is 5.84. The van der Waals surface area contributed by atoms with Crippen LogP contribution in [0.5, 0.6) is 11.5 Å². The molecular weight excluding hydrogens is 498 g/mol. The van der Waals surface area contributed by atoms with Crippen LogP contribution in [0.4, 0.5) is 0 Å². The number of hydrogen-bond donors (Lipinski definition) is 2. The van der Waals surface area contributed by atoms with Crippen LogP contribution >= 0.6 is 27.3 Å². The van der Waals surface area contributed by atoms with E-state index in [0.717, 1.165) is 53.4 Å². The highest BCUT2D eigenvalue weighted by Crippen LogP contribution is 2.42. The molecule has 0 radical (unpaired) electrons. The van der Waals surface area contributed by atoms with Gasteiger partial charge in [-0.25, -0.2) is 0 Å². The van der Waals surface area contributed by atoms with Gasteiger partial charge in [0.2, 0.25) is 0 Å². The summed E-state index contributed by atoms with van der Waals surface area (Å²) >= 11 is 5.03. The van der Waals surface area contributed by atoms with Crippen molar-refractivity contribution in [3.05, 3.63) is 61.3 Å². The standard InChI is InChI=1S/C27H34BrNO3S/c1-5-6-7-10-19-14-23-22(11-13-27(4,32-23)12-8-9-18(2)3)25(30)24(19)26(31)29-16-21-15-20(28)17-33-21/h9,11,13-15,17,30H,5-8,10,12,16H2,1-4H3,(H,29,31). The fourth-order valence-corrected chi connectivity index (χ4v) is 5.39. The van der Waals surface area contributed by atoms with E-state index in [9.17, 15) is 9.90 Å². The van der Waals surface area contributed by atoms with Gasteiger partial charge in [-0.3, -0.25) is 4.79 Å². The van der Waals surface area contributed by atoms with Crippen LogP contribution in [0, 0.1) is 0 Å². The van der Waals surface area contributed by atoms with Crippen LogP contribution in [0.25, 0.3) is 6.08 Å². The Balaban J connectivity index is 1.88. The number of unbranched alkanes of at least 4 members (excludes halogenated alkanes) is 2. The number of phenolic OH excluding ortho intramolecular Hbond substituents is 1. The Hall–Kier alpha value is -2.05. The minimum absolute atomic E-state index is 0.00598. The van der Waals surface area contributed by atoms with Crippen molar-refractivity contribution in [2.45, 2.75) is 78.4 Å². The molecule has 0 bridgehead atoms.